The molecule has 0 bridgehead atoms. The number of carbonyl (C=O) groups is 1. The molecule has 17 heavy (non-hydrogen) atoms. The molecule has 0 saturated carbocycles. The minimum absolute atomic E-state index is 0.454. The molecule has 1 aromatic carbocycles. The highest BCUT2D eigenvalue weighted by Gasteiger charge is 2.35. The maximum absolute atomic E-state index is 11.2. The number of rotatable bonds is 4. The van der Waals surface area contributed by atoms with Crippen LogP contribution < -0.4 is 0 Å². The molecule has 0 heterocycles. The zero-order valence-electron chi connectivity index (χ0n) is 10.3. The first-order valence-corrected chi connectivity index (χ1v) is 6.33. The normalized spacial score (nSPS) is 15.3. The number of aliphatic hydroxyl groups is 1. The van der Waals surface area contributed by atoms with Crippen molar-refractivity contribution in [3.8, 4) is 0 Å². The van der Waals surface area contributed by atoms with Crippen LogP contribution in [0, 0.1) is 5.41 Å². The maximum Gasteiger partial charge on any atom is 0.319 e. The number of carboxylic acids is 1. The van der Waals surface area contributed by atoms with Crippen LogP contribution in [0.5, 0.6) is 0 Å². The monoisotopic (exact) mass is 254 g/mol. The fourth-order valence-corrected chi connectivity index (χ4v) is 2.60. The molecule has 1 aromatic rings. The number of hydrogen-bond donors (Lipinski definition) is 2. The van der Waals surface area contributed by atoms with Gasteiger partial charge in [-0.15, -0.1) is 11.8 Å². The van der Waals surface area contributed by atoms with Crippen molar-refractivity contribution >= 4 is 17.7 Å². The molecule has 0 saturated heterocycles. The molecule has 0 spiro atoms. The van der Waals surface area contributed by atoms with Crippen molar-refractivity contribution in [1.29, 1.82) is 0 Å². The molecule has 94 valence electrons. The van der Waals surface area contributed by atoms with E-state index >= 15 is 0 Å². The summed E-state index contributed by atoms with van der Waals surface area (Å²) in [5.74, 6) is -0.985. The average Bonchev–Trinajstić information content (AvgIpc) is 2.24. The van der Waals surface area contributed by atoms with Crippen molar-refractivity contribution in [3.05, 3.63) is 30.3 Å². The van der Waals surface area contributed by atoms with Crippen LogP contribution >= 0.6 is 11.8 Å². The fourth-order valence-electron chi connectivity index (χ4n) is 1.35. The second-order valence-electron chi connectivity index (χ2n) is 5.00. The highest BCUT2D eigenvalue weighted by molar-refractivity contribution is 8.00. The SMILES string of the molecule is CC(C)(C)C(O)C(Sc1ccccc1)C(=O)O. The Bertz CT molecular complexity index is 370. The lowest BCUT2D eigenvalue weighted by Crippen LogP contribution is -2.40. The Morgan fingerprint density at radius 1 is 1.24 bits per heavy atom. The summed E-state index contributed by atoms with van der Waals surface area (Å²) < 4.78 is 0. The van der Waals surface area contributed by atoms with Gasteiger partial charge in [0.25, 0.3) is 0 Å². The van der Waals surface area contributed by atoms with Crippen LogP contribution in [-0.4, -0.2) is 27.5 Å². The third-order valence-corrected chi connectivity index (χ3v) is 3.68. The molecule has 0 radical (unpaired) electrons. The van der Waals surface area contributed by atoms with Crippen LogP contribution in [-0.2, 0) is 4.79 Å². The smallest absolute Gasteiger partial charge is 0.319 e. The summed E-state index contributed by atoms with van der Waals surface area (Å²) in [7, 11) is 0. The number of aliphatic hydroxyl groups excluding tert-OH is 1. The van der Waals surface area contributed by atoms with Gasteiger partial charge in [-0.1, -0.05) is 39.0 Å². The summed E-state index contributed by atoms with van der Waals surface area (Å²) in [6, 6.07) is 9.27. The minimum atomic E-state index is -0.985. The van der Waals surface area contributed by atoms with Gasteiger partial charge in [0.15, 0.2) is 0 Å². The van der Waals surface area contributed by atoms with Crippen molar-refractivity contribution in [2.45, 2.75) is 37.0 Å². The van der Waals surface area contributed by atoms with Gasteiger partial charge < -0.3 is 10.2 Å². The maximum atomic E-state index is 11.2. The Kier molecular flexibility index (Phi) is 4.60. The highest BCUT2D eigenvalue weighted by atomic mass is 32.2. The first-order valence-electron chi connectivity index (χ1n) is 5.45. The van der Waals surface area contributed by atoms with Gasteiger partial charge in [-0.05, 0) is 17.5 Å². The molecule has 2 unspecified atom stereocenters. The number of benzene rings is 1. The van der Waals surface area contributed by atoms with Crippen molar-refractivity contribution in [3.63, 3.8) is 0 Å². The molecule has 0 fully saturated rings. The summed E-state index contributed by atoms with van der Waals surface area (Å²) in [4.78, 5) is 12.1. The molecule has 0 aliphatic heterocycles. The highest BCUT2D eigenvalue weighted by Crippen LogP contribution is 2.32. The standard InChI is InChI=1S/C13H18O3S/c1-13(2,3)11(14)10(12(15)16)17-9-7-5-4-6-8-9/h4-8,10-11,14H,1-3H3,(H,15,16). The Morgan fingerprint density at radius 3 is 2.18 bits per heavy atom. The van der Waals surface area contributed by atoms with E-state index in [1.165, 1.54) is 11.8 Å². The first-order chi connectivity index (χ1) is 7.82. The Labute approximate surface area is 106 Å². The van der Waals surface area contributed by atoms with E-state index in [9.17, 15) is 15.0 Å². The summed E-state index contributed by atoms with van der Waals surface area (Å²) >= 11 is 1.18. The molecule has 0 amide bonds. The zero-order valence-corrected chi connectivity index (χ0v) is 11.1. The molecule has 2 N–H and O–H groups in total. The van der Waals surface area contributed by atoms with Gasteiger partial charge >= 0.3 is 5.97 Å². The van der Waals surface area contributed by atoms with E-state index in [4.69, 9.17) is 0 Å². The molecule has 0 aliphatic rings. The predicted octanol–water partition coefficient (Wildman–Crippen LogP) is 2.64. The van der Waals surface area contributed by atoms with Gasteiger partial charge in [-0.2, -0.15) is 0 Å². The molecular formula is C13H18O3S. The lowest BCUT2D eigenvalue weighted by atomic mass is 9.87. The van der Waals surface area contributed by atoms with Gasteiger partial charge in [0, 0.05) is 4.90 Å². The largest absolute Gasteiger partial charge is 0.480 e. The first kappa shape index (κ1) is 14.1. The van der Waals surface area contributed by atoms with Gasteiger partial charge in [-0.25, -0.2) is 0 Å². The van der Waals surface area contributed by atoms with Crippen LogP contribution in [0.25, 0.3) is 0 Å². The van der Waals surface area contributed by atoms with Crippen molar-refractivity contribution in [2.24, 2.45) is 5.41 Å². The number of aliphatic carboxylic acids is 1. The lowest BCUT2D eigenvalue weighted by molar-refractivity contribution is -0.139. The van der Waals surface area contributed by atoms with Crippen molar-refractivity contribution < 1.29 is 15.0 Å². The average molecular weight is 254 g/mol. The number of carboxylic acid groups (broad SMARTS) is 1. The number of hydrogen-bond acceptors (Lipinski definition) is 3. The van der Waals surface area contributed by atoms with E-state index in [0.717, 1.165) is 4.90 Å². The Morgan fingerprint density at radius 2 is 1.76 bits per heavy atom. The topological polar surface area (TPSA) is 57.5 Å². The second kappa shape index (κ2) is 5.56. The van der Waals surface area contributed by atoms with E-state index in [1.54, 1.807) is 0 Å². The minimum Gasteiger partial charge on any atom is -0.480 e. The summed E-state index contributed by atoms with van der Waals surface area (Å²) in [6.07, 6.45) is -0.898. The van der Waals surface area contributed by atoms with Crippen LogP contribution in [0.2, 0.25) is 0 Å². The van der Waals surface area contributed by atoms with E-state index in [0.29, 0.717) is 0 Å². The number of thioether (sulfide) groups is 1. The zero-order chi connectivity index (χ0) is 13.1. The van der Waals surface area contributed by atoms with Crippen LogP contribution in [0.4, 0.5) is 0 Å². The van der Waals surface area contributed by atoms with Gasteiger partial charge in [0.1, 0.15) is 5.25 Å². The van der Waals surface area contributed by atoms with Crippen molar-refractivity contribution in [1.82, 2.24) is 0 Å². The van der Waals surface area contributed by atoms with Crippen LogP contribution in [0.1, 0.15) is 20.8 Å². The van der Waals surface area contributed by atoms with E-state index in [1.807, 2.05) is 51.1 Å². The second-order valence-corrected chi connectivity index (χ2v) is 6.22. The fraction of sp³-hybridized carbons (Fsp3) is 0.462. The van der Waals surface area contributed by atoms with E-state index < -0.39 is 22.7 Å². The Balaban J connectivity index is 2.85. The summed E-state index contributed by atoms with van der Waals surface area (Å²) in [6.45, 7) is 5.50. The summed E-state index contributed by atoms with van der Waals surface area (Å²) in [5.41, 5.74) is -0.454. The molecule has 0 aliphatic carbocycles. The molecule has 3 nitrogen and oxygen atoms in total. The van der Waals surface area contributed by atoms with E-state index in [2.05, 4.69) is 0 Å². The van der Waals surface area contributed by atoms with Crippen molar-refractivity contribution in [2.75, 3.05) is 0 Å². The van der Waals surface area contributed by atoms with Crippen LogP contribution in [0.15, 0.2) is 35.2 Å². The molecule has 2 atom stereocenters. The predicted molar refractivity (Wildman–Crippen MR) is 69.2 cm³/mol. The van der Waals surface area contributed by atoms with E-state index in [-0.39, 0.29) is 0 Å². The molecular weight excluding hydrogens is 236 g/mol. The Hall–Kier alpha value is -1.00. The quantitative estimate of drug-likeness (QED) is 0.811. The van der Waals surface area contributed by atoms with Gasteiger partial charge in [0.05, 0.1) is 6.10 Å². The van der Waals surface area contributed by atoms with Gasteiger partial charge in [0.2, 0.25) is 0 Å². The molecule has 4 heteroatoms. The molecule has 1 rings (SSSR count). The third kappa shape index (κ3) is 4.06. The van der Waals surface area contributed by atoms with Crippen LogP contribution in [0.3, 0.4) is 0 Å². The molecule has 0 aromatic heterocycles. The third-order valence-electron chi connectivity index (χ3n) is 2.42. The van der Waals surface area contributed by atoms with Gasteiger partial charge in [-0.3, -0.25) is 4.79 Å². The lowest BCUT2D eigenvalue weighted by Gasteiger charge is -2.30. The summed E-state index contributed by atoms with van der Waals surface area (Å²) in [5, 5.41) is 18.4.